The summed E-state index contributed by atoms with van der Waals surface area (Å²) in [5.41, 5.74) is 3.24. The van der Waals surface area contributed by atoms with Gasteiger partial charge in [0.2, 0.25) is 0 Å². The lowest BCUT2D eigenvalue weighted by molar-refractivity contribution is 0.276. The number of H-pyrrole nitrogens is 1. The third-order valence-corrected chi connectivity index (χ3v) is 6.80. The van der Waals surface area contributed by atoms with Gasteiger partial charge in [-0.15, -0.1) is 0 Å². The van der Waals surface area contributed by atoms with Crippen molar-refractivity contribution in [1.82, 2.24) is 35.3 Å². The van der Waals surface area contributed by atoms with Crippen LogP contribution < -0.4 is 15.5 Å². The zero-order valence-electron chi connectivity index (χ0n) is 20.7. The number of aromatic nitrogens is 6. The second kappa shape index (κ2) is 10.6. The summed E-state index contributed by atoms with van der Waals surface area (Å²) in [6, 6.07) is 12.7. The summed E-state index contributed by atoms with van der Waals surface area (Å²) >= 11 is 0. The van der Waals surface area contributed by atoms with Crippen LogP contribution in [0.4, 0.5) is 21.7 Å². The van der Waals surface area contributed by atoms with E-state index in [2.05, 4.69) is 35.8 Å². The van der Waals surface area contributed by atoms with Gasteiger partial charge in [-0.25, -0.2) is 19.0 Å². The van der Waals surface area contributed by atoms with Gasteiger partial charge in [-0.2, -0.15) is 10.2 Å². The maximum atomic E-state index is 15.0. The van der Waals surface area contributed by atoms with Crippen LogP contribution in [0.25, 0.3) is 16.6 Å². The minimum atomic E-state index is -0.440. The van der Waals surface area contributed by atoms with E-state index in [1.54, 1.807) is 30.6 Å². The van der Waals surface area contributed by atoms with Gasteiger partial charge in [-0.3, -0.25) is 5.10 Å². The molecule has 0 unspecified atom stereocenters. The van der Waals surface area contributed by atoms with Crippen molar-refractivity contribution in [2.45, 2.75) is 32.0 Å². The number of hydrogen-bond acceptors (Lipinski definition) is 8. The quantitative estimate of drug-likeness (QED) is 0.248. The van der Waals surface area contributed by atoms with Crippen molar-refractivity contribution in [2.75, 3.05) is 23.3 Å². The second-order valence-electron chi connectivity index (χ2n) is 9.35. The molecule has 5 heterocycles. The Morgan fingerprint density at radius 2 is 2.00 bits per heavy atom. The fraction of sp³-hybridized carbons (Fsp3) is 0.259. The first-order valence-electron chi connectivity index (χ1n) is 12.6. The van der Waals surface area contributed by atoms with Crippen LogP contribution in [0, 0.1) is 5.82 Å². The first kappa shape index (κ1) is 24.0. The molecule has 38 heavy (non-hydrogen) atoms. The Balaban J connectivity index is 1.26. The van der Waals surface area contributed by atoms with Crippen LogP contribution in [-0.4, -0.2) is 54.2 Å². The normalized spacial score (nSPS) is 14.2. The molecule has 194 valence electrons. The Morgan fingerprint density at radius 1 is 1.11 bits per heavy atom. The number of aliphatic hydroxyl groups excluding tert-OH is 1. The number of nitrogens with zero attached hydrogens (tertiary/aromatic N) is 6. The minimum absolute atomic E-state index is 0.169. The van der Waals surface area contributed by atoms with Gasteiger partial charge in [-0.1, -0.05) is 0 Å². The lowest BCUT2D eigenvalue weighted by atomic mass is 10.0. The number of fused-ring (bicyclic) bond motifs is 1. The Hall–Kier alpha value is -4.35. The average Bonchev–Trinajstić information content (AvgIpc) is 3.65. The van der Waals surface area contributed by atoms with Gasteiger partial charge in [0.05, 0.1) is 35.4 Å². The molecule has 1 aromatic carbocycles. The Bertz CT molecular complexity index is 1530. The highest BCUT2D eigenvalue weighted by Crippen LogP contribution is 2.27. The van der Waals surface area contributed by atoms with Crippen molar-refractivity contribution in [3.63, 3.8) is 0 Å². The fourth-order valence-corrected chi connectivity index (χ4v) is 4.79. The number of hydrogen-bond donors (Lipinski definition) is 4. The summed E-state index contributed by atoms with van der Waals surface area (Å²) in [5, 5.41) is 27.9. The SMILES string of the molecule is OCc1ccn(-c2ccc(Nc3cc4nc(N(Cc5cn[nH]c5)C5CCNCC5)ccc4cn3)c(F)c2)n1. The van der Waals surface area contributed by atoms with E-state index in [0.717, 1.165) is 48.2 Å². The summed E-state index contributed by atoms with van der Waals surface area (Å²) in [4.78, 5) is 11.8. The van der Waals surface area contributed by atoms with E-state index >= 15 is 0 Å². The minimum Gasteiger partial charge on any atom is -0.390 e. The highest BCUT2D eigenvalue weighted by Gasteiger charge is 2.23. The monoisotopic (exact) mass is 513 g/mol. The number of piperidine rings is 1. The van der Waals surface area contributed by atoms with E-state index in [9.17, 15) is 9.50 Å². The highest BCUT2D eigenvalue weighted by molar-refractivity contribution is 5.82. The molecule has 0 radical (unpaired) electrons. The van der Waals surface area contributed by atoms with Crippen LogP contribution in [0.5, 0.6) is 0 Å². The summed E-state index contributed by atoms with van der Waals surface area (Å²) in [6.07, 6.45) is 9.26. The first-order valence-corrected chi connectivity index (χ1v) is 12.6. The Kier molecular flexibility index (Phi) is 6.67. The molecule has 0 saturated carbocycles. The van der Waals surface area contributed by atoms with Gasteiger partial charge >= 0.3 is 0 Å². The van der Waals surface area contributed by atoms with E-state index in [4.69, 9.17) is 4.98 Å². The number of rotatable bonds is 8. The molecule has 4 N–H and O–H groups in total. The lowest BCUT2D eigenvalue weighted by Crippen LogP contribution is -2.43. The van der Waals surface area contributed by atoms with E-state index < -0.39 is 5.82 Å². The largest absolute Gasteiger partial charge is 0.390 e. The highest BCUT2D eigenvalue weighted by atomic mass is 19.1. The first-order chi connectivity index (χ1) is 18.7. The van der Waals surface area contributed by atoms with Crippen LogP contribution in [-0.2, 0) is 13.2 Å². The van der Waals surface area contributed by atoms with Gasteiger partial charge in [-0.05, 0) is 56.3 Å². The van der Waals surface area contributed by atoms with E-state index in [1.807, 2.05) is 30.6 Å². The molecule has 0 bridgehead atoms. The molecule has 0 spiro atoms. The van der Waals surface area contributed by atoms with Gasteiger partial charge in [0.25, 0.3) is 0 Å². The maximum absolute atomic E-state index is 15.0. The number of aliphatic hydroxyl groups is 1. The molecule has 0 amide bonds. The molecule has 4 aromatic heterocycles. The predicted octanol–water partition coefficient (Wildman–Crippen LogP) is 3.67. The van der Waals surface area contributed by atoms with Crippen molar-refractivity contribution in [2.24, 2.45) is 0 Å². The number of benzene rings is 1. The molecule has 0 aliphatic carbocycles. The third kappa shape index (κ3) is 5.06. The van der Waals surface area contributed by atoms with Crippen molar-refractivity contribution >= 4 is 28.2 Å². The molecule has 10 nitrogen and oxygen atoms in total. The Morgan fingerprint density at radius 3 is 2.76 bits per heavy atom. The maximum Gasteiger partial charge on any atom is 0.148 e. The van der Waals surface area contributed by atoms with Crippen LogP contribution >= 0.6 is 0 Å². The fourth-order valence-electron chi connectivity index (χ4n) is 4.79. The summed E-state index contributed by atoms with van der Waals surface area (Å²) in [6.45, 7) is 2.50. The van der Waals surface area contributed by atoms with Crippen LogP contribution in [0.3, 0.4) is 0 Å². The van der Waals surface area contributed by atoms with Gasteiger partial charge in [0.15, 0.2) is 0 Å². The van der Waals surface area contributed by atoms with Crippen LogP contribution in [0.15, 0.2) is 67.3 Å². The lowest BCUT2D eigenvalue weighted by Gasteiger charge is -2.35. The summed E-state index contributed by atoms with van der Waals surface area (Å²) < 4.78 is 16.5. The van der Waals surface area contributed by atoms with Gasteiger partial charge in [0.1, 0.15) is 17.5 Å². The van der Waals surface area contributed by atoms with Crippen LogP contribution in [0.2, 0.25) is 0 Å². The summed E-state index contributed by atoms with van der Waals surface area (Å²) in [7, 11) is 0. The summed E-state index contributed by atoms with van der Waals surface area (Å²) in [5.74, 6) is 0.947. The van der Waals surface area contributed by atoms with Gasteiger partial charge in [0, 0.05) is 54.3 Å². The third-order valence-electron chi connectivity index (χ3n) is 6.80. The van der Waals surface area contributed by atoms with E-state index in [0.29, 0.717) is 35.5 Å². The Labute approximate surface area is 218 Å². The standard InChI is InChI=1S/C27H28FN9O/c28-23-11-22(37-10-7-20(17-38)35-37)2-3-24(23)33-26-12-25-19(15-30-26)1-4-27(34-25)36(16-18-13-31-32-14-18)21-5-8-29-9-6-21/h1-4,7,10-15,21,29,38H,5-6,8-9,16-17H2,(H,30,33)(H,31,32). The predicted molar refractivity (Wildman–Crippen MR) is 143 cm³/mol. The molecule has 1 saturated heterocycles. The number of anilines is 3. The molecule has 1 fully saturated rings. The molecule has 11 heteroatoms. The number of aromatic amines is 1. The molecule has 6 rings (SSSR count). The number of halogens is 1. The number of pyridine rings is 2. The molecular weight excluding hydrogens is 485 g/mol. The molecule has 1 aliphatic heterocycles. The average molecular weight is 514 g/mol. The number of nitrogens with one attached hydrogen (secondary N) is 3. The topological polar surface area (TPSA) is 120 Å². The van der Waals surface area contributed by atoms with Crippen molar-refractivity contribution < 1.29 is 9.50 Å². The van der Waals surface area contributed by atoms with Crippen molar-refractivity contribution in [1.29, 1.82) is 0 Å². The zero-order chi connectivity index (χ0) is 25.9. The van der Waals surface area contributed by atoms with E-state index in [-0.39, 0.29) is 6.61 Å². The molecule has 5 aromatic rings. The van der Waals surface area contributed by atoms with Gasteiger partial charge < -0.3 is 20.6 Å². The molecule has 1 aliphatic rings. The zero-order valence-corrected chi connectivity index (χ0v) is 20.7. The smallest absolute Gasteiger partial charge is 0.148 e. The van der Waals surface area contributed by atoms with E-state index in [1.165, 1.54) is 10.7 Å². The second-order valence-corrected chi connectivity index (χ2v) is 9.35. The van der Waals surface area contributed by atoms with Crippen molar-refractivity contribution in [3.8, 4) is 5.69 Å². The molecular formula is C27H28FN9O. The van der Waals surface area contributed by atoms with Crippen LogP contribution in [0.1, 0.15) is 24.1 Å². The van der Waals surface area contributed by atoms with Crippen molar-refractivity contribution in [3.05, 3.63) is 84.3 Å². The molecule has 0 atom stereocenters.